The van der Waals surface area contributed by atoms with E-state index in [0.29, 0.717) is 12.0 Å². The van der Waals surface area contributed by atoms with E-state index >= 15 is 0 Å². The number of amides is 1. The summed E-state index contributed by atoms with van der Waals surface area (Å²) >= 11 is 0. The summed E-state index contributed by atoms with van der Waals surface area (Å²) in [7, 11) is 0. The third-order valence-electron chi connectivity index (χ3n) is 2.93. The molecule has 0 saturated heterocycles. The van der Waals surface area contributed by atoms with Gasteiger partial charge in [-0.3, -0.25) is 4.79 Å². The molecule has 1 atom stereocenters. The van der Waals surface area contributed by atoms with Crippen molar-refractivity contribution < 1.29 is 14.7 Å². The molecule has 0 spiro atoms. The molecule has 0 aliphatic rings. The first kappa shape index (κ1) is 16.4. The average molecular weight is 286 g/mol. The van der Waals surface area contributed by atoms with Crippen LogP contribution in [0.1, 0.15) is 37.3 Å². The van der Waals surface area contributed by atoms with Crippen molar-refractivity contribution in [2.24, 2.45) is 0 Å². The molecule has 0 aromatic heterocycles. The maximum absolute atomic E-state index is 11.7. The zero-order chi connectivity index (χ0) is 15.7. The molecule has 0 aliphatic heterocycles. The summed E-state index contributed by atoms with van der Waals surface area (Å²) in [5.41, 5.74) is 1.31. The van der Waals surface area contributed by atoms with Gasteiger partial charge in [-0.2, -0.15) is 5.26 Å². The first-order chi connectivity index (χ1) is 10.1. The molecule has 110 valence electrons. The van der Waals surface area contributed by atoms with Crippen LogP contribution in [0.25, 0.3) is 6.08 Å². The molecule has 0 saturated carbocycles. The van der Waals surface area contributed by atoms with Gasteiger partial charge in [0.2, 0.25) is 5.91 Å². The number of unbranched alkanes of at least 4 members (excludes halogenated alkanes) is 1. The van der Waals surface area contributed by atoms with E-state index in [1.807, 2.05) is 13.0 Å². The Labute approximate surface area is 123 Å². The van der Waals surface area contributed by atoms with Crippen molar-refractivity contribution in [2.75, 3.05) is 0 Å². The number of hydrogen-bond acceptors (Lipinski definition) is 3. The van der Waals surface area contributed by atoms with Crippen molar-refractivity contribution in [3.8, 4) is 6.07 Å². The Kier molecular flexibility index (Phi) is 6.69. The smallest absolute Gasteiger partial charge is 0.326 e. The van der Waals surface area contributed by atoms with Gasteiger partial charge in [-0.05, 0) is 30.2 Å². The van der Waals surface area contributed by atoms with Gasteiger partial charge < -0.3 is 10.4 Å². The molecule has 5 heteroatoms. The molecule has 21 heavy (non-hydrogen) atoms. The van der Waals surface area contributed by atoms with Gasteiger partial charge in [0.1, 0.15) is 6.04 Å². The Hall–Kier alpha value is -2.61. The Balaban J connectivity index is 2.60. The lowest BCUT2D eigenvalue weighted by Gasteiger charge is -2.12. The number of carbonyl (C=O) groups is 2. The van der Waals surface area contributed by atoms with Gasteiger partial charge in [0.15, 0.2) is 0 Å². The van der Waals surface area contributed by atoms with Gasteiger partial charge in [-0.25, -0.2) is 4.79 Å². The maximum Gasteiger partial charge on any atom is 0.326 e. The zero-order valence-corrected chi connectivity index (χ0v) is 11.9. The number of benzene rings is 1. The lowest BCUT2D eigenvalue weighted by atomic mass is 10.1. The molecule has 0 aliphatic carbocycles. The van der Waals surface area contributed by atoms with Gasteiger partial charge >= 0.3 is 5.97 Å². The minimum absolute atomic E-state index is 0.419. The lowest BCUT2D eigenvalue weighted by Crippen LogP contribution is -2.39. The van der Waals surface area contributed by atoms with Crippen LogP contribution < -0.4 is 5.32 Å². The molecule has 1 amide bonds. The Bertz CT molecular complexity index is 556. The van der Waals surface area contributed by atoms with Crippen LogP contribution in [-0.2, 0) is 9.59 Å². The number of carboxylic acid groups (broad SMARTS) is 1. The average Bonchev–Trinajstić information content (AvgIpc) is 2.49. The summed E-state index contributed by atoms with van der Waals surface area (Å²) in [5.74, 6) is -1.47. The van der Waals surface area contributed by atoms with E-state index in [-0.39, 0.29) is 0 Å². The normalized spacial score (nSPS) is 11.8. The van der Waals surface area contributed by atoms with Crippen molar-refractivity contribution in [3.63, 3.8) is 0 Å². The second kappa shape index (κ2) is 8.54. The van der Waals surface area contributed by atoms with Gasteiger partial charge in [0, 0.05) is 6.08 Å². The van der Waals surface area contributed by atoms with E-state index in [4.69, 9.17) is 10.4 Å². The third kappa shape index (κ3) is 5.91. The number of nitrogens with zero attached hydrogens (tertiary/aromatic N) is 1. The quantitative estimate of drug-likeness (QED) is 0.753. The van der Waals surface area contributed by atoms with E-state index in [1.54, 1.807) is 30.3 Å². The zero-order valence-electron chi connectivity index (χ0n) is 11.9. The number of carbonyl (C=O) groups excluding carboxylic acids is 1. The van der Waals surface area contributed by atoms with Crippen LogP contribution in [-0.4, -0.2) is 23.0 Å². The first-order valence-corrected chi connectivity index (χ1v) is 6.78. The molecular weight excluding hydrogens is 268 g/mol. The third-order valence-corrected chi connectivity index (χ3v) is 2.93. The fourth-order valence-electron chi connectivity index (χ4n) is 1.73. The van der Waals surface area contributed by atoms with Crippen molar-refractivity contribution in [2.45, 2.75) is 32.2 Å². The fraction of sp³-hybridized carbons (Fsp3) is 0.312. The highest BCUT2D eigenvalue weighted by molar-refractivity contribution is 5.94. The maximum atomic E-state index is 11.7. The second-order valence-corrected chi connectivity index (χ2v) is 4.61. The number of hydrogen-bond donors (Lipinski definition) is 2. The van der Waals surface area contributed by atoms with Crippen LogP contribution in [0.3, 0.4) is 0 Å². The van der Waals surface area contributed by atoms with E-state index in [9.17, 15) is 9.59 Å². The summed E-state index contributed by atoms with van der Waals surface area (Å²) < 4.78 is 0. The highest BCUT2D eigenvalue weighted by Crippen LogP contribution is 2.05. The highest BCUT2D eigenvalue weighted by Gasteiger charge is 2.17. The summed E-state index contributed by atoms with van der Waals surface area (Å²) in [6.45, 7) is 1.96. The predicted molar refractivity (Wildman–Crippen MR) is 79.3 cm³/mol. The predicted octanol–water partition coefficient (Wildman–Crippen LogP) is 2.33. The molecule has 0 bridgehead atoms. The van der Waals surface area contributed by atoms with Gasteiger partial charge in [-0.1, -0.05) is 31.9 Å². The van der Waals surface area contributed by atoms with Gasteiger partial charge in [0.25, 0.3) is 0 Å². The molecule has 2 N–H and O–H groups in total. The Morgan fingerprint density at radius 1 is 1.38 bits per heavy atom. The molecule has 0 unspecified atom stereocenters. The number of nitriles is 1. The molecule has 5 nitrogen and oxygen atoms in total. The summed E-state index contributed by atoms with van der Waals surface area (Å²) in [4.78, 5) is 22.7. The molecule has 0 heterocycles. The summed E-state index contributed by atoms with van der Waals surface area (Å²) in [6.07, 6.45) is 4.91. The van der Waals surface area contributed by atoms with Crippen molar-refractivity contribution in [1.82, 2.24) is 5.32 Å². The molecular formula is C16H18N2O3. The van der Waals surface area contributed by atoms with Crippen LogP contribution in [0.2, 0.25) is 0 Å². The SMILES string of the molecule is CCCC[C@H](NC(=O)/C=C/c1ccc(C#N)cc1)C(=O)O. The molecule has 0 radical (unpaired) electrons. The first-order valence-electron chi connectivity index (χ1n) is 6.78. The van der Waals surface area contributed by atoms with Crippen LogP contribution in [0.15, 0.2) is 30.3 Å². The van der Waals surface area contributed by atoms with Crippen LogP contribution in [0.4, 0.5) is 0 Å². The summed E-state index contributed by atoms with van der Waals surface area (Å²) in [6, 6.07) is 7.89. The van der Waals surface area contributed by atoms with E-state index in [1.165, 1.54) is 6.08 Å². The standard InChI is InChI=1S/C16H18N2O3/c1-2-3-4-14(16(20)21)18-15(19)10-9-12-5-7-13(11-17)8-6-12/h5-10,14H,2-4H2,1H3,(H,18,19)(H,20,21)/b10-9+/t14-/m0/s1. The molecule has 1 aromatic rings. The van der Waals surface area contributed by atoms with Crippen LogP contribution in [0.5, 0.6) is 0 Å². The minimum Gasteiger partial charge on any atom is -0.480 e. The molecule has 1 rings (SSSR count). The minimum atomic E-state index is -1.02. The van der Waals surface area contributed by atoms with E-state index < -0.39 is 17.9 Å². The van der Waals surface area contributed by atoms with Crippen molar-refractivity contribution in [1.29, 1.82) is 5.26 Å². The van der Waals surface area contributed by atoms with E-state index in [0.717, 1.165) is 18.4 Å². The number of carboxylic acids is 1. The fourth-order valence-corrected chi connectivity index (χ4v) is 1.73. The lowest BCUT2D eigenvalue weighted by molar-refractivity contribution is -0.141. The van der Waals surface area contributed by atoms with Crippen molar-refractivity contribution in [3.05, 3.63) is 41.5 Å². The van der Waals surface area contributed by atoms with E-state index in [2.05, 4.69) is 5.32 Å². The van der Waals surface area contributed by atoms with Crippen LogP contribution in [0, 0.1) is 11.3 Å². The number of nitrogens with one attached hydrogen (secondary N) is 1. The van der Waals surface area contributed by atoms with Crippen LogP contribution >= 0.6 is 0 Å². The topological polar surface area (TPSA) is 90.2 Å². The number of aliphatic carboxylic acids is 1. The Morgan fingerprint density at radius 3 is 2.57 bits per heavy atom. The second-order valence-electron chi connectivity index (χ2n) is 4.61. The monoisotopic (exact) mass is 286 g/mol. The molecule has 0 fully saturated rings. The van der Waals surface area contributed by atoms with Gasteiger partial charge in [0.05, 0.1) is 11.6 Å². The largest absolute Gasteiger partial charge is 0.480 e. The number of rotatable bonds is 7. The Morgan fingerprint density at radius 2 is 2.05 bits per heavy atom. The van der Waals surface area contributed by atoms with Gasteiger partial charge in [-0.15, -0.1) is 0 Å². The highest BCUT2D eigenvalue weighted by atomic mass is 16.4. The molecule has 1 aromatic carbocycles. The van der Waals surface area contributed by atoms with Crippen molar-refractivity contribution >= 4 is 18.0 Å². The summed E-state index contributed by atoms with van der Waals surface area (Å²) in [5, 5.41) is 20.2.